The number of fused-ring (bicyclic) bond motifs is 10. The van der Waals surface area contributed by atoms with Crippen LogP contribution >= 0.6 is 0 Å². The smallest absolute Gasteiger partial charge is 0.146 e. The molecule has 166 valence electrons. The summed E-state index contributed by atoms with van der Waals surface area (Å²) >= 11 is 0. The molecule has 0 atom stereocenters. The Kier molecular flexibility index (Phi) is 4.01. The van der Waals surface area contributed by atoms with Gasteiger partial charge in [0, 0.05) is 21.5 Å². The molecule has 0 saturated carbocycles. The van der Waals surface area contributed by atoms with Crippen molar-refractivity contribution in [3.05, 3.63) is 95.1 Å². The van der Waals surface area contributed by atoms with Crippen molar-refractivity contribution in [1.29, 1.82) is 21.0 Å². The molecule has 5 aromatic carbocycles. The maximum Gasteiger partial charge on any atom is 0.146 e. The van der Waals surface area contributed by atoms with Gasteiger partial charge in [0.05, 0.1) is 38.8 Å². The molecule has 2 heterocycles. The minimum atomic E-state index is -0.0769. The third kappa shape index (κ3) is 2.56. The van der Waals surface area contributed by atoms with Crippen LogP contribution in [0.15, 0.2) is 72.8 Å². The first-order valence-corrected chi connectivity index (χ1v) is 11.5. The van der Waals surface area contributed by atoms with E-state index >= 15 is 0 Å². The van der Waals surface area contributed by atoms with Crippen molar-refractivity contribution in [2.24, 2.45) is 0 Å². The average Bonchev–Trinajstić information content (AvgIpc) is 3.34. The molecular formula is C31H12N6. The van der Waals surface area contributed by atoms with E-state index in [0.717, 1.165) is 49.1 Å². The van der Waals surface area contributed by atoms with Gasteiger partial charge in [-0.15, -0.1) is 0 Å². The molecule has 0 saturated heterocycles. The fourth-order valence-corrected chi connectivity index (χ4v) is 5.48. The van der Waals surface area contributed by atoms with E-state index in [0.29, 0.717) is 10.8 Å². The maximum atomic E-state index is 10.0. The first kappa shape index (κ1) is 20.4. The third-order valence-corrected chi connectivity index (χ3v) is 7.09. The summed E-state index contributed by atoms with van der Waals surface area (Å²) < 4.78 is 2.07. The van der Waals surface area contributed by atoms with E-state index in [1.165, 1.54) is 0 Å². The van der Waals surface area contributed by atoms with Gasteiger partial charge in [-0.2, -0.15) is 21.0 Å². The predicted octanol–water partition coefficient (Wildman–Crippen LogP) is 6.59. The highest BCUT2D eigenvalue weighted by molar-refractivity contribution is 6.20. The normalized spacial score (nSPS) is 11.1. The second-order valence-electron chi connectivity index (χ2n) is 8.87. The average molecular weight is 468 g/mol. The Morgan fingerprint density at radius 1 is 0.514 bits per heavy atom. The van der Waals surface area contributed by atoms with Gasteiger partial charge in [-0.05, 0) is 52.6 Å². The predicted molar refractivity (Wildman–Crippen MR) is 142 cm³/mol. The zero-order valence-electron chi connectivity index (χ0n) is 19.1. The molecule has 6 heteroatoms. The number of hydrogen-bond donors (Lipinski definition) is 0. The molecule has 0 amide bonds. The molecule has 7 rings (SSSR count). The Bertz CT molecular complexity index is 2350. The lowest BCUT2D eigenvalue weighted by molar-refractivity contribution is 1.32. The number of nitriles is 4. The number of pyridine rings is 1. The van der Waals surface area contributed by atoms with Gasteiger partial charge in [0.15, 0.2) is 0 Å². The summed E-state index contributed by atoms with van der Waals surface area (Å²) in [5.41, 5.74) is 3.36. The zero-order chi connectivity index (χ0) is 25.3. The number of imidazole rings is 1. The van der Waals surface area contributed by atoms with Crippen LogP contribution in [0.5, 0.6) is 0 Å². The van der Waals surface area contributed by atoms with Gasteiger partial charge in [-0.25, -0.2) is 4.98 Å². The van der Waals surface area contributed by atoms with Gasteiger partial charge in [0.1, 0.15) is 29.9 Å². The van der Waals surface area contributed by atoms with Gasteiger partial charge in [-0.3, -0.25) is 4.40 Å². The summed E-state index contributed by atoms with van der Waals surface area (Å²) in [6, 6.07) is 32.1. The molecule has 0 N–H and O–H groups in total. The SMILES string of the molecule is N#Cc1c(C#N)c(C#N)c2cc3c(cc2c1C#N)c1cc2ccccc2cc1c1nc2ccccc2n31. The molecule has 0 unspecified atom stereocenters. The zero-order valence-corrected chi connectivity index (χ0v) is 19.1. The van der Waals surface area contributed by atoms with Crippen molar-refractivity contribution in [2.45, 2.75) is 0 Å². The van der Waals surface area contributed by atoms with Crippen molar-refractivity contribution in [3.63, 3.8) is 0 Å². The summed E-state index contributed by atoms with van der Waals surface area (Å²) in [6.07, 6.45) is 0. The van der Waals surface area contributed by atoms with Crippen molar-refractivity contribution >= 4 is 59.9 Å². The summed E-state index contributed by atoms with van der Waals surface area (Å²) in [7, 11) is 0. The van der Waals surface area contributed by atoms with Crippen LogP contribution in [0.2, 0.25) is 0 Å². The van der Waals surface area contributed by atoms with E-state index in [-0.39, 0.29) is 22.3 Å². The van der Waals surface area contributed by atoms with E-state index in [9.17, 15) is 21.0 Å². The summed E-state index contributed by atoms with van der Waals surface area (Å²) in [5.74, 6) is 0. The molecule has 0 aliphatic rings. The Balaban J connectivity index is 1.86. The molecule has 0 radical (unpaired) electrons. The standard InChI is InChI=1S/C31H12N6/c32-13-24-20-11-22-19-9-17-5-1-2-6-18(17)10-23(19)31-36-28-7-3-4-8-29(28)37(31)30(22)12-21(20)25(14-33)27(16-35)26(24)15-34/h1-12H. The van der Waals surface area contributed by atoms with Crippen LogP contribution in [0.25, 0.3) is 59.9 Å². The lowest BCUT2D eigenvalue weighted by Crippen LogP contribution is -1.99. The Hall–Kier alpha value is -5.95. The quantitative estimate of drug-likeness (QED) is 0.184. The lowest BCUT2D eigenvalue weighted by atomic mass is 9.89. The maximum absolute atomic E-state index is 10.0. The van der Waals surface area contributed by atoms with Crippen molar-refractivity contribution < 1.29 is 0 Å². The topological polar surface area (TPSA) is 112 Å². The molecule has 6 nitrogen and oxygen atoms in total. The highest BCUT2D eigenvalue weighted by atomic mass is 15.0. The summed E-state index contributed by atoms with van der Waals surface area (Å²) in [6.45, 7) is 0. The highest BCUT2D eigenvalue weighted by Crippen LogP contribution is 2.39. The highest BCUT2D eigenvalue weighted by Gasteiger charge is 2.22. The molecule has 0 aliphatic carbocycles. The largest absolute Gasteiger partial charge is 0.292 e. The van der Waals surface area contributed by atoms with Crippen LogP contribution in [0.1, 0.15) is 22.3 Å². The Labute approximate surface area is 209 Å². The van der Waals surface area contributed by atoms with Gasteiger partial charge in [0.25, 0.3) is 0 Å². The van der Waals surface area contributed by atoms with Gasteiger partial charge < -0.3 is 0 Å². The van der Waals surface area contributed by atoms with Crippen LogP contribution in [-0.4, -0.2) is 9.38 Å². The van der Waals surface area contributed by atoms with Crippen molar-refractivity contribution in [2.75, 3.05) is 0 Å². The molecule has 37 heavy (non-hydrogen) atoms. The molecular weight excluding hydrogens is 456 g/mol. The van der Waals surface area contributed by atoms with Gasteiger partial charge in [0.2, 0.25) is 0 Å². The van der Waals surface area contributed by atoms with E-state index < -0.39 is 0 Å². The first-order valence-electron chi connectivity index (χ1n) is 11.5. The van der Waals surface area contributed by atoms with Crippen LogP contribution < -0.4 is 0 Å². The monoisotopic (exact) mass is 468 g/mol. The summed E-state index contributed by atoms with van der Waals surface area (Å²) in [5, 5.41) is 45.5. The van der Waals surface area contributed by atoms with E-state index in [1.54, 1.807) is 0 Å². The Morgan fingerprint density at radius 3 is 1.73 bits per heavy atom. The molecule has 0 aliphatic heterocycles. The number of nitrogens with zero attached hydrogens (tertiary/aromatic N) is 6. The molecule has 7 aromatic rings. The third-order valence-electron chi connectivity index (χ3n) is 7.09. The van der Waals surface area contributed by atoms with E-state index in [4.69, 9.17) is 4.98 Å². The van der Waals surface area contributed by atoms with Gasteiger partial charge >= 0.3 is 0 Å². The minimum Gasteiger partial charge on any atom is -0.292 e. The van der Waals surface area contributed by atoms with E-state index in [2.05, 4.69) is 40.8 Å². The van der Waals surface area contributed by atoms with Gasteiger partial charge in [-0.1, -0.05) is 36.4 Å². The Morgan fingerprint density at radius 2 is 1.08 bits per heavy atom. The van der Waals surface area contributed by atoms with Crippen LogP contribution in [0.4, 0.5) is 0 Å². The number of rotatable bonds is 0. The molecule has 0 spiro atoms. The molecule has 2 aromatic heterocycles. The fourth-order valence-electron chi connectivity index (χ4n) is 5.48. The number of benzene rings is 5. The molecule has 0 bridgehead atoms. The number of hydrogen-bond acceptors (Lipinski definition) is 5. The van der Waals surface area contributed by atoms with Crippen LogP contribution in [0.3, 0.4) is 0 Å². The van der Waals surface area contributed by atoms with E-state index in [1.807, 2.05) is 60.7 Å². The second kappa shape index (κ2) is 7.27. The summed E-state index contributed by atoms with van der Waals surface area (Å²) in [4.78, 5) is 4.97. The molecule has 0 fully saturated rings. The number of aromatic nitrogens is 2. The fraction of sp³-hybridized carbons (Fsp3) is 0. The van der Waals surface area contributed by atoms with Crippen LogP contribution in [0, 0.1) is 45.3 Å². The van der Waals surface area contributed by atoms with Crippen molar-refractivity contribution in [3.8, 4) is 24.3 Å². The lowest BCUT2D eigenvalue weighted by Gasteiger charge is -2.14. The first-order chi connectivity index (χ1) is 18.2. The van der Waals surface area contributed by atoms with Crippen LogP contribution in [-0.2, 0) is 0 Å². The number of para-hydroxylation sites is 2. The van der Waals surface area contributed by atoms with Crippen molar-refractivity contribution in [1.82, 2.24) is 9.38 Å². The second-order valence-corrected chi connectivity index (χ2v) is 8.87. The minimum absolute atomic E-state index is 0.0719.